The Bertz CT molecular complexity index is 728. The quantitative estimate of drug-likeness (QED) is 0.927. The SMILES string of the molecule is CC(C(=O)O)N(C(=O)OC(C)(C)C)c1cccc2ccccc12. The second kappa shape index (κ2) is 6.28. The lowest BCUT2D eigenvalue weighted by atomic mass is 10.1. The summed E-state index contributed by atoms with van der Waals surface area (Å²) in [6.07, 6.45) is -0.677. The maximum atomic E-state index is 12.6. The first-order valence-corrected chi connectivity index (χ1v) is 7.43. The molecule has 2 aromatic carbocycles. The van der Waals surface area contributed by atoms with Crippen molar-refractivity contribution in [1.82, 2.24) is 0 Å². The summed E-state index contributed by atoms with van der Waals surface area (Å²) < 4.78 is 5.40. The normalized spacial score (nSPS) is 12.7. The second-order valence-electron chi connectivity index (χ2n) is 6.36. The molecule has 5 heteroatoms. The van der Waals surface area contributed by atoms with Crippen LogP contribution in [-0.4, -0.2) is 28.8 Å². The van der Waals surface area contributed by atoms with Crippen LogP contribution in [0, 0.1) is 0 Å². The van der Waals surface area contributed by atoms with Gasteiger partial charge in [0.1, 0.15) is 11.6 Å². The average Bonchev–Trinajstić information content (AvgIpc) is 2.45. The van der Waals surface area contributed by atoms with E-state index in [1.807, 2.05) is 30.3 Å². The number of amides is 1. The summed E-state index contributed by atoms with van der Waals surface area (Å²) in [7, 11) is 0. The molecule has 0 heterocycles. The average molecular weight is 315 g/mol. The molecule has 0 aliphatic rings. The Kier molecular flexibility index (Phi) is 4.59. The molecule has 23 heavy (non-hydrogen) atoms. The fourth-order valence-corrected chi connectivity index (χ4v) is 2.31. The van der Waals surface area contributed by atoms with E-state index in [4.69, 9.17) is 4.74 Å². The summed E-state index contributed by atoms with van der Waals surface area (Å²) in [6.45, 7) is 6.71. The van der Waals surface area contributed by atoms with Crippen LogP contribution in [-0.2, 0) is 9.53 Å². The van der Waals surface area contributed by atoms with Crippen LogP contribution >= 0.6 is 0 Å². The van der Waals surface area contributed by atoms with Gasteiger partial charge in [-0.25, -0.2) is 9.59 Å². The molecule has 2 aromatic rings. The van der Waals surface area contributed by atoms with E-state index in [0.717, 1.165) is 10.8 Å². The number of ether oxygens (including phenoxy) is 1. The summed E-state index contributed by atoms with van der Waals surface area (Å²) >= 11 is 0. The highest BCUT2D eigenvalue weighted by atomic mass is 16.6. The third kappa shape index (κ3) is 3.80. The molecule has 2 rings (SSSR count). The number of hydrogen-bond acceptors (Lipinski definition) is 3. The Morgan fingerprint density at radius 1 is 1.09 bits per heavy atom. The van der Waals surface area contributed by atoms with Gasteiger partial charge >= 0.3 is 12.1 Å². The lowest BCUT2D eigenvalue weighted by molar-refractivity contribution is -0.138. The highest BCUT2D eigenvalue weighted by Gasteiger charge is 2.32. The highest BCUT2D eigenvalue weighted by molar-refractivity contribution is 6.04. The third-order valence-electron chi connectivity index (χ3n) is 3.36. The molecule has 1 unspecified atom stereocenters. The minimum absolute atomic E-state index is 0.521. The van der Waals surface area contributed by atoms with Crippen molar-refractivity contribution < 1.29 is 19.4 Å². The minimum atomic E-state index is -1.09. The van der Waals surface area contributed by atoms with Gasteiger partial charge in [0.2, 0.25) is 0 Å². The van der Waals surface area contributed by atoms with Crippen LogP contribution in [0.5, 0.6) is 0 Å². The molecule has 1 atom stereocenters. The molecular formula is C18H21NO4. The zero-order chi connectivity index (χ0) is 17.2. The predicted molar refractivity (Wildman–Crippen MR) is 89.8 cm³/mol. The number of benzene rings is 2. The number of anilines is 1. The van der Waals surface area contributed by atoms with Crippen molar-refractivity contribution in [2.24, 2.45) is 0 Å². The number of hydrogen-bond donors (Lipinski definition) is 1. The molecule has 0 bridgehead atoms. The number of carbonyl (C=O) groups excluding carboxylic acids is 1. The smallest absolute Gasteiger partial charge is 0.415 e. The molecule has 0 aliphatic carbocycles. The van der Waals surface area contributed by atoms with E-state index in [2.05, 4.69) is 0 Å². The van der Waals surface area contributed by atoms with Crippen LogP contribution in [0.1, 0.15) is 27.7 Å². The fraction of sp³-hybridized carbons (Fsp3) is 0.333. The number of nitrogens with zero attached hydrogens (tertiary/aromatic N) is 1. The summed E-state index contributed by atoms with van der Waals surface area (Å²) in [6, 6.07) is 11.9. The van der Waals surface area contributed by atoms with Gasteiger partial charge in [-0.15, -0.1) is 0 Å². The summed E-state index contributed by atoms with van der Waals surface area (Å²) in [4.78, 5) is 25.3. The molecule has 0 fully saturated rings. The number of carboxylic acids is 1. The molecule has 5 nitrogen and oxygen atoms in total. The molecular weight excluding hydrogens is 294 g/mol. The first kappa shape index (κ1) is 16.8. The number of fused-ring (bicyclic) bond motifs is 1. The van der Waals surface area contributed by atoms with Crippen molar-refractivity contribution in [3.05, 3.63) is 42.5 Å². The first-order valence-electron chi connectivity index (χ1n) is 7.43. The number of rotatable bonds is 3. The Balaban J connectivity index is 2.56. The topological polar surface area (TPSA) is 66.8 Å². The van der Waals surface area contributed by atoms with Crippen molar-refractivity contribution in [2.75, 3.05) is 4.90 Å². The fourth-order valence-electron chi connectivity index (χ4n) is 2.31. The highest BCUT2D eigenvalue weighted by Crippen LogP contribution is 2.29. The van der Waals surface area contributed by atoms with E-state index in [0.29, 0.717) is 5.69 Å². The van der Waals surface area contributed by atoms with E-state index in [1.165, 1.54) is 11.8 Å². The van der Waals surface area contributed by atoms with E-state index in [1.54, 1.807) is 32.9 Å². The van der Waals surface area contributed by atoms with Crippen molar-refractivity contribution in [1.29, 1.82) is 0 Å². The maximum absolute atomic E-state index is 12.6. The molecule has 0 saturated heterocycles. The van der Waals surface area contributed by atoms with Crippen molar-refractivity contribution in [3.8, 4) is 0 Å². The lowest BCUT2D eigenvalue weighted by Gasteiger charge is -2.30. The van der Waals surface area contributed by atoms with E-state index in [-0.39, 0.29) is 0 Å². The number of carbonyl (C=O) groups is 2. The van der Waals surface area contributed by atoms with Gasteiger partial charge in [0, 0.05) is 5.39 Å². The van der Waals surface area contributed by atoms with Crippen LogP contribution < -0.4 is 4.90 Å². The van der Waals surface area contributed by atoms with Gasteiger partial charge in [0.15, 0.2) is 0 Å². The van der Waals surface area contributed by atoms with Crippen LogP contribution in [0.25, 0.3) is 10.8 Å². The molecule has 0 aromatic heterocycles. The van der Waals surface area contributed by atoms with Gasteiger partial charge in [0.05, 0.1) is 5.69 Å². The van der Waals surface area contributed by atoms with Gasteiger partial charge in [-0.1, -0.05) is 36.4 Å². The van der Waals surface area contributed by atoms with Crippen molar-refractivity contribution >= 4 is 28.5 Å². The van der Waals surface area contributed by atoms with Gasteiger partial charge in [-0.2, -0.15) is 0 Å². The predicted octanol–water partition coefficient (Wildman–Crippen LogP) is 4.05. The standard InChI is InChI=1S/C18H21NO4/c1-12(16(20)21)19(17(22)23-18(2,3)4)15-11-7-9-13-8-5-6-10-14(13)15/h5-12H,1-4H3,(H,20,21). The van der Waals surface area contributed by atoms with E-state index in [9.17, 15) is 14.7 Å². The Labute approximate surface area is 135 Å². The maximum Gasteiger partial charge on any atom is 0.415 e. The van der Waals surface area contributed by atoms with Crippen LogP contribution in [0.3, 0.4) is 0 Å². The summed E-state index contributed by atoms with van der Waals surface area (Å²) in [5.41, 5.74) is -0.190. The number of aliphatic carboxylic acids is 1. The monoisotopic (exact) mass is 315 g/mol. The van der Waals surface area contributed by atoms with Gasteiger partial charge in [0.25, 0.3) is 0 Å². The molecule has 0 radical (unpaired) electrons. The van der Waals surface area contributed by atoms with Gasteiger partial charge in [-0.3, -0.25) is 4.90 Å². The van der Waals surface area contributed by atoms with Crippen LogP contribution in [0.4, 0.5) is 10.5 Å². The zero-order valence-electron chi connectivity index (χ0n) is 13.7. The molecule has 0 spiro atoms. The van der Waals surface area contributed by atoms with Crippen LogP contribution in [0.15, 0.2) is 42.5 Å². The third-order valence-corrected chi connectivity index (χ3v) is 3.36. The Morgan fingerprint density at radius 2 is 1.70 bits per heavy atom. The van der Waals surface area contributed by atoms with E-state index >= 15 is 0 Å². The van der Waals surface area contributed by atoms with E-state index < -0.39 is 23.7 Å². The van der Waals surface area contributed by atoms with Crippen molar-refractivity contribution in [3.63, 3.8) is 0 Å². The lowest BCUT2D eigenvalue weighted by Crippen LogP contribution is -2.46. The Hall–Kier alpha value is -2.56. The molecule has 0 saturated carbocycles. The molecule has 122 valence electrons. The molecule has 1 amide bonds. The second-order valence-corrected chi connectivity index (χ2v) is 6.36. The van der Waals surface area contributed by atoms with Gasteiger partial charge in [-0.05, 0) is 39.1 Å². The zero-order valence-corrected chi connectivity index (χ0v) is 13.7. The molecule has 0 aliphatic heterocycles. The number of carboxylic acid groups (broad SMARTS) is 1. The Morgan fingerprint density at radius 3 is 2.30 bits per heavy atom. The van der Waals surface area contributed by atoms with Crippen molar-refractivity contribution in [2.45, 2.75) is 39.3 Å². The minimum Gasteiger partial charge on any atom is -0.480 e. The molecule has 1 N–H and O–H groups in total. The largest absolute Gasteiger partial charge is 0.480 e. The summed E-state index contributed by atoms with van der Waals surface area (Å²) in [5, 5.41) is 11.1. The van der Waals surface area contributed by atoms with Crippen LogP contribution in [0.2, 0.25) is 0 Å². The first-order chi connectivity index (χ1) is 10.7. The summed E-state index contributed by atoms with van der Waals surface area (Å²) in [5.74, 6) is -1.09. The van der Waals surface area contributed by atoms with Gasteiger partial charge < -0.3 is 9.84 Å².